The monoisotopic (exact) mass is 313 g/mol. The van der Waals surface area contributed by atoms with E-state index < -0.39 is 43.3 Å². The quantitative estimate of drug-likeness (QED) is 0.468. The molecule has 22 heavy (non-hydrogen) atoms. The summed E-state index contributed by atoms with van der Waals surface area (Å²) in [5, 5.41) is 40.5. The molecule has 0 unspecified atom stereocenters. The predicted molar refractivity (Wildman–Crippen MR) is 73.5 cm³/mol. The minimum atomic E-state index is -1.57. The van der Waals surface area contributed by atoms with E-state index in [1.807, 2.05) is 6.07 Å². The molecule has 0 saturated carbocycles. The number of ether oxygens (including phenoxy) is 2. The van der Waals surface area contributed by atoms with Gasteiger partial charge in [-0.05, 0) is 5.56 Å². The van der Waals surface area contributed by atoms with Crippen LogP contribution in [0.4, 0.5) is 4.79 Å². The van der Waals surface area contributed by atoms with Crippen molar-refractivity contribution >= 4 is 6.09 Å². The van der Waals surface area contributed by atoms with Crippen molar-refractivity contribution in [1.82, 2.24) is 5.32 Å². The van der Waals surface area contributed by atoms with Gasteiger partial charge in [0, 0.05) is 0 Å². The third-order valence-corrected chi connectivity index (χ3v) is 3.40. The van der Waals surface area contributed by atoms with Crippen molar-refractivity contribution in [2.24, 2.45) is 0 Å². The van der Waals surface area contributed by atoms with Crippen LogP contribution >= 0.6 is 0 Å². The Kier molecular flexibility index (Phi) is 5.69. The molecule has 0 aromatic heterocycles. The molecular formula is C14H19NO7. The molecule has 5 N–H and O–H groups in total. The zero-order valence-corrected chi connectivity index (χ0v) is 11.7. The number of rotatable bonds is 4. The van der Waals surface area contributed by atoms with Gasteiger partial charge in [-0.3, -0.25) is 0 Å². The Morgan fingerprint density at radius 2 is 1.86 bits per heavy atom. The maximum atomic E-state index is 11.7. The highest BCUT2D eigenvalue weighted by Gasteiger charge is 2.44. The first kappa shape index (κ1) is 16.7. The minimum Gasteiger partial charge on any atom is -0.445 e. The molecule has 0 radical (unpaired) electrons. The summed E-state index contributed by atoms with van der Waals surface area (Å²) in [6, 6.07) is 7.71. The molecule has 8 nitrogen and oxygen atoms in total. The molecule has 1 aromatic carbocycles. The van der Waals surface area contributed by atoms with Gasteiger partial charge in [-0.2, -0.15) is 0 Å². The summed E-state index contributed by atoms with van der Waals surface area (Å²) in [6.07, 6.45) is -6.49. The molecule has 1 fully saturated rings. The van der Waals surface area contributed by atoms with Crippen LogP contribution in [0.25, 0.3) is 0 Å². The van der Waals surface area contributed by atoms with E-state index in [9.17, 15) is 20.1 Å². The molecule has 0 spiro atoms. The van der Waals surface area contributed by atoms with E-state index >= 15 is 0 Å². The topological polar surface area (TPSA) is 128 Å². The summed E-state index contributed by atoms with van der Waals surface area (Å²) in [6.45, 7) is -0.547. The van der Waals surface area contributed by atoms with E-state index in [4.69, 9.17) is 14.6 Å². The first-order valence-electron chi connectivity index (χ1n) is 6.80. The molecule has 1 saturated heterocycles. The number of aliphatic hydroxyl groups is 4. The number of hydrogen-bond acceptors (Lipinski definition) is 7. The zero-order valence-electron chi connectivity index (χ0n) is 11.7. The van der Waals surface area contributed by atoms with Gasteiger partial charge in [-0.15, -0.1) is 0 Å². The summed E-state index contributed by atoms with van der Waals surface area (Å²) in [5.74, 6) is 0. The lowest BCUT2D eigenvalue weighted by molar-refractivity contribution is -0.253. The molecule has 0 aliphatic carbocycles. The van der Waals surface area contributed by atoms with Crippen molar-refractivity contribution in [2.75, 3.05) is 6.61 Å². The predicted octanol–water partition coefficient (Wildman–Crippen LogP) is -1.29. The van der Waals surface area contributed by atoms with Crippen molar-refractivity contribution < 1.29 is 34.7 Å². The Labute approximate surface area is 126 Å². The Morgan fingerprint density at radius 3 is 2.50 bits per heavy atom. The summed E-state index contributed by atoms with van der Waals surface area (Å²) >= 11 is 0. The SMILES string of the molecule is O=C(N[C@@H]1[C@@H](O)[C@H](O)[C@@H](CO)O[C@@H]1O)OCc1ccccc1. The molecule has 1 aliphatic rings. The van der Waals surface area contributed by atoms with Crippen LogP contribution in [0.15, 0.2) is 30.3 Å². The molecule has 2 rings (SSSR count). The standard InChI is InChI=1S/C14H19NO7/c16-6-9-11(17)12(18)10(13(19)22-9)15-14(20)21-7-8-4-2-1-3-5-8/h1-5,9-13,16-19H,6-7H2,(H,15,20)/t9-,10-,11-,12-,13+/m1/s1. The Hall–Kier alpha value is -1.71. The van der Waals surface area contributed by atoms with Crippen LogP contribution in [0.3, 0.4) is 0 Å². The number of carbonyl (C=O) groups excluding carboxylic acids is 1. The average Bonchev–Trinajstić information content (AvgIpc) is 2.54. The number of amides is 1. The van der Waals surface area contributed by atoms with Crippen LogP contribution in [0.2, 0.25) is 0 Å². The van der Waals surface area contributed by atoms with E-state index in [-0.39, 0.29) is 6.61 Å². The largest absolute Gasteiger partial charge is 0.445 e. The highest BCUT2D eigenvalue weighted by atomic mass is 16.6. The van der Waals surface area contributed by atoms with Crippen LogP contribution in [-0.4, -0.2) is 63.8 Å². The van der Waals surface area contributed by atoms with E-state index in [1.165, 1.54) is 0 Å². The van der Waals surface area contributed by atoms with Gasteiger partial charge in [-0.1, -0.05) is 30.3 Å². The van der Waals surface area contributed by atoms with Gasteiger partial charge in [0.05, 0.1) is 6.61 Å². The smallest absolute Gasteiger partial charge is 0.407 e. The number of alkyl carbamates (subject to hydrolysis) is 1. The van der Waals surface area contributed by atoms with E-state index in [1.54, 1.807) is 24.3 Å². The van der Waals surface area contributed by atoms with Gasteiger partial charge in [0.15, 0.2) is 6.29 Å². The Balaban J connectivity index is 1.87. The molecular weight excluding hydrogens is 294 g/mol. The van der Waals surface area contributed by atoms with E-state index in [0.717, 1.165) is 5.56 Å². The second kappa shape index (κ2) is 7.52. The Bertz CT molecular complexity index is 483. The fourth-order valence-corrected chi connectivity index (χ4v) is 2.15. The van der Waals surface area contributed by atoms with E-state index in [2.05, 4.69) is 5.32 Å². The van der Waals surface area contributed by atoms with Crippen LogP contribution < -0.4 is 5.32 Å². The second-order valence-corrected chi connectivity index (χ2v) is 4.96. The lowest BCUT2D eigenvalue weighted by Crippen LogP contribution is -2.64. The fourth-order valence-electron chi connectivity index (χ4n) is 2.15. The van der Waals surface area contributed by atoms with Gasteiger partial charge in [0.1, 0.15) is 31.0 Å². The van der Waals surface area contributed by atoms with Crippen molar-refractivity contribution in [1.29, 1.82) is 0 Å². The van der Waals surface area contributed by atoms with Crippen LogP contribution in [0.1, 0.15) is 5.56 Å². The van der Waals surface area contributed by atoms with Gasteiger partial charge < -0.3 is 35.2 Å². The maximum absolute atomic E-state index is 11.7. The third-order valence-electron chi connectivity index (χ3n) is 3.40. The lowest BCUT2D eigenvalue weighted by atomic mass is 9.97. The Morgan fingerprint density at radius 1 is 1.18 bits per heavy atom. The highest BCUT2D eigenvalue weighted by Crippen LogP contribution is 2.19. The van der Waals surface area contributed by atoms with Crippen LogP contribution in [0, 0.1) is 0 Å². The second-order valence-electron chi connectivity index (χ2n) is 4.96. The lowest BCUT2D eigenvalue weighted by Gasteiger charge is -2.39. The van der Waals surface area contributed by atoms with Crippen LogP contribution in [-0.2, 0) is 16.1 Å². The highest BCUT2D eigenvalue weighted by molar-refractivity contribution is 5.67. The normalized spacial score (nSPS) is 31.5. The zero-order chi connectivity index (χ0) is 16.1. The van der Waals surface area contributed by atoms with Crippen molar-refractivity contribution in [2.45, 2.75) is 37.3 Å². The summed E-state index contributed by atoms with van der Waals surface area (Å²) in [4.78, 5) is 11.7. The van der Waals surface area contributed by atoms with E-state index in [0.29, 0.717) is 0 Å². The number of hydrogen-bond donors (Lipinski definition) is 5. The summed E-state index contributed by atoms with van der Waals surface area (Å²) in [5.41, 5.74) is 0.777. The number of aliphatic hydroxyl groups excluding tert-OH is 4. The van der Waals surface area contributed by atoms with Crippen LogP contribution in [0.5, 0.6) is 0 Å². The van der Waals surface area contributed by atoms with Crippen molar-refractivity contribution in [3.05, 3.63) is 35.9 Å². The van der Waals surface area contributed by atoms with Gasteiger partial charge >= 0.3 is 6.09 Å². The first-order valence-corrected chi connectivity index (χ1v) is 6.80. The molecule has 1 amide bonds. The molecule has 1 aromatic rings. The summed E-state index contributed by atoms with van der Waals surface area (Å²) in [7, 11) is 0. The summed E-state index contributed by atoms with van der Waals surface area (Å²) < 4.78 is 9.88. The number of nitrogens with one attached hydrogen (secondary N) is 1. The fraction of sp³-hybridized carbons (Fsp3) is 0.500. The molecule has 1 aliphatic heterocycles. The molecule has 1 heterocycles. The molecule has 8 heteroatoms. The number of carbonyl (C=O) groups is 1. The van der Waals surface area contributed by atoms with Crippen molar-refractivity contribution in [3.8, 4) is 0 Å². The number of benzene rings is 1. The van der Waals surface area contributed by atoms with Gasteiger partial charge in [0.25, 0.3) is 0 Å². The first-order chi connectivity index (χ1) is 10.5. The molecule has 5 atom stereocenters. The van der Waals surface area contributed by atoms with Gasteiger partial charge in [-0.25, -0.2) is 4.79 Å². The molecule has 0 bridgehead atoms. The molecule has 122 valence electrons. The van der Waals surface area contributed by atoms with Crippen molar-refractivity contribution in [3.63, 3.8) is 0 Å². The minimum absolute atomic E-state index is 0.0221. The third kappa shape index (κ3) is 3.93. The van der Waals surface area contributed by atoms with Gasteiger partial charge in [0.2, 0.25) is 0 Å². The maximum Gasteiger partial charge on any atom is 0.407 e. The average molecular weight is 313 g/mol.